The Kier molecular flexibility index (Phi) is 6.20. The van der Waals surface area contributed by atoms with E-state index in [9.17, 15) is 0 Å². The number of rotatable bonds is 7. The van der Waals surface area contributed by atoms with Crippen LogP contribution >= 0.6 is 0 Å². The van der Waals surface area contributed by atoms with Gasteiger partial charge in [-0.15, -0.1) is 0 Å². The van der Waals surface area contributed by atoms with Gasteiger partial charge in [-0.25, -0.2) is 0 Å². The Balaban J connectivity index is 2.55. The number of hydrogen-bond donors (Lipinski definition) is 1. The van der Waals surface area contributed by atoms with E-state index in [4.69, 9.17) is 10.5 Å². The summed E-state index contributed by atoms with van der Waals surface area (Å²) < 4.78 is 5.95. The second-order valence-corrected chi connectivity index (χ2v) is 5.83. The third kappa shape index (κ3) is 5.54. The van der Waals surface area contributed by atoms with Gasteiger partial charge in [0.25, 0.3) is 0 Å². The van der Waals surface area contributed by atoms with E-state index in [0.717, 1.165) is 24.7 Å². The van der Waals surface area contributed by atoms with Crippen molar-refractivity contribution in [1.29, 1.82) is 0 Å². The van der Waals surface area contributed by atoms with E-state index in [2.05, 4.69) is 26.8 Å². The van der Waals surface area contributed by atoms with Crippen LogP contribution in [0.5, 0.6) is 5.75 Å². The number of benzene rings is 1. The van der Waals surface area contributed by atoms with Gasteiger partial charge in [-0.1, -0.05) is 39.0 Å². The van der Waals surface area contributed by atoms with Crippen LogP contribution in [0, 0.1) is 11.8 Å². The molecule has 2 atom stereocenters. The molecule has 0 aliphatic carbocycles. The molecular weight excluding hydrogens is 222 g/mol. The molecule has 0 heterocycles. The molecule has 102 valence electrons. The van der Waals surface area contributed by atoms with Gasteiger partial charge in [0.2, 0.25) is 0 Å². The van der Waals surface area contributed by atoms with Gasteiger partial charge in [0.15, 0.2) is 0 Å². The summed E-state index contributed by atoms with van der Waals surface area (Å²) in [5, 5.41) is 0. The second kappa shape index (κ2) is 7.42. The molecule has 1 aromatic rings. The first-order valence-corrected chi connectivity index (χ1v) is 6.95. The van der Waals surface area contributed by atoms with E-state index < -0.39 is 0 Å². The zero-order chi connectivity index (χ0) is 13.5. The number of hydrogen-bond acceptors (Lipinski definition) is 2. The number of ether oxygens (including phenoxy) is 1. The zero-order valence-corrected chi connectivity index (χ0v) is 12.1. The summed E-state index contributed by atoms with van der Waals surface area (Å²) in [6, 6.07) is 8.38. The third-order valence-corrected chi connectivity index (χ3v) is 2.91. The lowest BCUT2D eigenvalue weighted by Crippen LogP contribution is -2.19. The minimum atomic E-state index is 0.169. The second-order valence-electron chi connectivity index (χ2n) is 5.83. The molecule has 2 heteroatoms. The topological polar surface area (TPSA) is 35.2 Å². The molecule has 18 heavy (non-hydrogen) atoms. The lowest BCUT2D eigenvalue weighted by atomic mass is 10.00. The Hall–Kier alpha value is -1.02. The summed E-state index contributed by atoms with van der Waals surface area (Å²) >= 11 is 0. The summed E-state index contributed by atoms with van der Waals surface area (Å²) in [6.45, 7) is 9.56. The van der Waals surface area contributed by atoms with E-state index in [0.29, 0.717) is 5.92 Å². The summed E-state index contributed by atoms with van der Waals surface area (Å²) in [4.78, 5) is 0. The van der Waals surface area contributed by atoms with Crippen molar-refractivity contribution >= 4 is 0 Å². The summed E-state index contributed by atoms with van der Waals surface area (Å²) in [7, 11) is 0. The van der Waals surface area contributed by atoms with Crippen LogP contribution in [0.15, 0.2) is 24.3 Å². The highest BCUT2D eigenvalue weighted by atomic mass is 16.5. The van der Waals surface area contributed by atoms with Crippen molar-refractivity contribution in [3.8, 4) is 5.75 Å². The highest BCUT2D eigenvalue weighted by Crippen LogP contribution is 2.21. The third-order valence-electron chi connectivity index (χ3n) is 2.91. The highest BCUT2D eigenvalue weighted by molar-refractivity contribution is 5.33. The average molecular weight is 249 g/mol. The zero-order valence-electron chi connectivity index (χ0n) is 12.1. The van der Waals surface area contributed by atoms with Gasteiger partial charge in [-0.05, 0) is 43.2 Å². The van der Waals surface area contributed by atoms with Crippen LogP contribution in [0.25, 0.3) is 0 Å². The molecule has 2 nitrogen and oxygen atoms in total. The van der Waals surface area contributed by atoms with Gasteiger partial charge in [-0.2, -0.15) is 0 Å². The van der Waals surface area contributed by atoms with Crippen LogP contribution in [0.3, 0.4) is 0 Å². The average Bonchev–Trinajstić information content (AvgIpc) is 2.26. The Bertz CT molecular complexity index is 347. The molecule has 0 spiro atoms. The fourth-order valence-corrected chi connectivity index (χ4v) is 2.26. The lowest BCUT2D eigenvalue weighted by Gasteiger charge is -2.17. The minimum Gasteiger partial charge on any atom is -0.493 e. The molecule has 0 amide bonds. The van der Waals surface area contributed by atoms with Crippen LogP contribution in [-0.4, -0.2) is 12.6 Å². The number of para-hydroxylation sites is 1. The van der Waals surface area contributed by atoms with Crippen molar-refractivity contribution in [3.63, 3.8) is 0 Å². The highest BCUT2D eigenvalue weighted by Gasteiger charge is 2.09. The minimum absolute atomic E-state index is 0.169. The summed E-state index contributed by atoms with van der Waals surface area (Å²) in [5.74, 6) is 2.31. The Labute approximate surface area is 112 Å². The largest absolute Gasteiger partial charge is 0.493 e. The molecule has 0 aromatic heterocycles. The molecule has 2 N–H and O–H groups in total. The first-order chi connectivity index (χ1) is 8.49. The lowest BCUT2D eigenvalue weighted by molar-refractivity contribution is 0.237. The van der Waals surface area contributed by atoms with Crippen molar-refractivity contribution in [1.82, 2.24) is 0 Å². The smallest absolute Gasteiger partial charge is 0.122 e. The van der Waals surface area contributed by atoms with E-state index in [1.165, 1.54) is 12.0 Å². The van der Waals surface area contributed by atoms with Gasteiger partial charge in [0, 0.05) is 6.04 Å². The SMILES string of the molecule is CC(C)CC(C)COc1ccccc1CC(C)N. The quantitative estimate of drug-likeness (QED) is 0.800. The van der Waals surface area contributed by atoms with Crippen molar-refractivity contribution in [2.45, 2.75) is 46.6 Å². The maximum absolute atomic E-state index is 5.95. The van der Waals surface area contributed by atoms with Crippen LogP contribution in [0.2, 0.25) is 0 Å². The van der Waals surface area contributed by atoms with Crippen LogP contribution < -0.4 is 10.5 Å². The molecule has 0 fully saturated rings. The summed E-state index contributed by atoms with van der Waals surface area (Å²) in [6.07, 6.45) is 2.07. The van der Waals surface area contributed by atoms with Crippen LogP contribution in [-0.2, 0) is 6.42 Å². The van der Waals surface area contributed by atoms with E-state index in [1.54, 1.807) is 0 Å². The maximum Gasteiger partial charge on any atom is 0.122 e. The van der Waals surface area contributed by atoms with Crippen LogP contribution in [0.4, 0.5) is 0 Å². The van der Waals surface area contributed by atoms with Crippen LogP contribution in [0.1, 0.15) is 39.7 Å². The molecule has 0 aliphatic rings. The molecule has 0 radical (unpaired) electrons. The fraction of sp³-hybridized carbons (Fsp3) is 0.625. The first-order valence-electron chi connectivity index (χ1n) is 6.95. The van der Waals surface area contributed by atoms with Gasteiger partial charge in [0.1, 0.15) is 5.75 Å². The van der Waals surface area contributed by atoms with Crippen molar-refractivity contribution in [3.05, 3.63) is 29.8 Å². The van der Waals surface area contributed by atoms with Gasteiger partial charge < -0.3 is 10.5 Å². The van der Waals surface area contributed by atoms with E-state index in [-0.39, 0.29) is 6.04 Å². The number of nitrogens with two attached hydrogens (primary N) is 1. The molecule has 0 saturated heterocycles. The molecular formula is C16H27NO. The predicted octanol–water partition coefficient (Wildman–Crippen LogP) is 3.64. The van der Waals surface area contributed by atoms with Gasteiger partial charge >= 0.3 is 0 Å². The first kappa shape index (κ1) is 15.0. The Morgan fingerprint density at radius 3 is 2.39 bits per heavy atom. The van der Waals surface area contributed by atoms with E-state index in [1.807, 2.05) is 25.1 Å². The molecule has 0 bridgehead atoms. The molecule has 1 rings (SSSR count). The fourth-order valence-electron chi connectivity index (χ4n) is 2.26. The maximum atomic E-state index is 5.95. The van der Waals surface area contributed by atoms with Gasteiger partial charge in [-0.3, -0.25) is 0 Å². The van der Waals surface area contributed by atoms with E-state index >= 15 is 0 Å². The van der Waals surface area contributed by atoms with Crippen molar-refractivity contribution in [2.24, 2.45) is 17.6 Å². The molecule has 2 unspecified atom stereocenters. The monoisotopic (exact) mass is 249 g/mol. The molecule has 1 aromatic carbocycles. The Morgan fingerprint density at radius 2 is 1.78 bits per heavy atom. The molecule has 0 aliphatic heterocycles. The standard InChI is InChI=1S/C16H27NO/c1-12(2)9-13(3)11-18-16-8-6-5-7-15(16)10-14(4)17/h5-8,12-14H,9-11,17H2,1-4H3. The summed E-state index contributed by atoms with van der Waals surface area (Å²) in [5.41, 5.74) is 7.07. The molecule has 0 saturated carbocycles. The van der Waals surface area contributed by atoms with Crippen molar-refractivity contribution in [2.75, 3.05) is 6.61 Å². The predicted molar refractivity (Wildman–Crippen MR) is 77.9 cm³/mol. The van der Waals surface area contributed by atoms with Crippen molar-refractivity contribution < 1.29 is 4.74 Å². The normalized spacial score (nSPS) is 14.6. The van der Waals surface area contributed by atoms with Gasteiger partial charge in [0.05, 0.1) is 6.61 Å². The Morgan fingerprint density at radius 1 is 1.11 bits per heavy atom.